The molecule has 0 unspecified atom stereocenters. The van der Waals surface area contributed by atoms with E-state index in [0.29, 0.717) is 0 Å². The highest BCUT2D eigenvalue weighted by molar-refractivity contribution is 5.79. The van der Waals surface area contributed by atoms with Crippen LogP contribution < -0.4 is 0 Å². The number of rotatable bonds is 2. The Kier molecular flexibility index (Phi) is 3.94. The molecule has 1 nitrogen and oxygen atoms in total. The second-order valence-electron chi connectivity index (χ2n) is 3.96. The SMILES string of the molecule is C=C(/C=N\C(C)=C/C)C(C)(C)C. The predicted octanol–water partition coefficient (Wildman–Crippen LogP) is 3.58. The van der Waals surface area contributed by atoms with Crippen LogP contribution in [0, 0.1) is 5.41 Å². The van der Waals surface area contributed by atoms with Crippen LogP contribution in [0.3, 0.4) is 0 Å². The van der Waals surface area contributed by atoms with Crippen molar-refractivity contribution in [2.45, 2.75) is 34.6 Å². The van der Waals surface area contributed by atoms with Crippen LogP contribution >= 0.6 is 0 Å². The third-order valence-corrected chi connectivity index (χ3v) is 1.81. The molecule has 0 N–H and O–H groups in total. The Morgan fingerprint density at radius 1 is 1.33 bits per heavy atom. The molecule has 0 aliphatic rings. The van der Waals surface area contributed by atoms with Crippen LogP contribution in [0.4, 0.5) is 0 Å². The average Bonchev–Trinajstić information content (AvgIpc) is 1.97. The Bertz CT molecular complexity index is 214. The summed E-state index contributed by atoms with van der Waals surface area (Å²) in [5, 5.41) is 0. The smallest absolute Gasteiger partial charge is 0.0330 e. The Balaban J connectivity index is 4.29. The van der Waals surface area contributed by atoms with Gasteiger partial charge in [-0.3, -0.25) is 4.99 Å². The van der Waals surface area contributed by atoms with E-state index in [1.165, 1.54) is 0 Å². The van der Waals surface area contributed by atoms with Crippen LogP contribution in [0.25, 0.3) is 0 Å². The van der Waals surface area contributed by atoms with Gasteiger partial charge in [-0.2, -0.15) is 0 Å². The number of aliphatic imine (C=N–C) groups is 1. The molecular weight excluding hydrogens is 146 g/mol. The molecule has 0 radical (unpaired) electrons. The fourth-order valence-corrected chi connectivity index (χ4v) is 0.448. The Morgan fingerprint density at radius 2 is 1.83 bits per heavy atom. The molecule has 12 heavy (non-hydrogen) atoms. The molecule has 0 bridgehead atoms. The van der Waals surface area contributed by atoms with Crippen molar-refractivity contribution in [3.8, 4) is 0 Å². The van der Waals surface area contributed by atoms with E-state index in [-0.39, 0.29) is 5.41 Å². The lowest BCUT2D eigenvalue weighted by molar-refractivity contribution is 0.528. The fourth-order valence-electron chi connectivity index (χ4n) is 0.448. The number of allylic oxidation sites excluding steroid dienone is 3. The standard InChI is InChI=1S/C11H19N/c1-7-10(3)12-8-9(2)11(4,5)6/h7-8H,2H2,1,3-6H3/b10-7-,12-8-. The summed E-state index contributed by atoms with van der Waals surface area (Å²) in [5.74, 6) is 0. The molecule has 0 aliphatic heterocycles. The predicted molar refractivity (Wildman–Crippen MR) is 56.5 cm³/mol. The molecule has 0 rings (SSSR count). The molecule has 0 saturated heterocycles. The van der Waals surface area contributed by atoms with Gasteiger partial charge in [0.25, 0.3) is 0 Å². The largest absolute Gasteiger partial charge is 0.262 e. The minimum Gasteiger partial charge on any atom is -0.262 e. The summed E-state index contributed by atoms with van der Waals surface area (Å²) in [6.07, 6.45) is 3.82. The maximum absolute atomic E-state index is 4.25. The molecule has 0 fully saturated rings. The molecular formula is C11H19N. The molecule has 0 spiro atoms. The average molecular weight is 165 g/mol. The van der Waals surface area contributed by atoms with Gasteiger partial charge in [0.1, 0.15) is 0 Å². The van der Waals surface area contributed by atoms with Gasteiger partial charge in [-0.25, -0.2) is 0 Å². The van der Waals surface area contributed by atoms with Gasteiger partial charge in [-0.15, -0.1) is 0 Å². The summed E-state index contributed by atoms with van der Waals surface area (Å²) >= 11 is 0. The maximum Gasteiger partial charge on any atom is 0.0330 e. The van der Waals surface area contributed by atoms with Gasteiger partial charge in [0, 0.05) is 11.9 Å². The highest BCUT2D eigenvalue weighted by Gasteiger charge is 2.12. The van der Waals surface area contributed by atoms with Crippen molar-refractivity contribution in [3.63, 3.8) is 0 Å². The van der Waals surface area contributed by atoms with Crippen molar-refractivity contribution >= 4 is 6.21 Å². The van der Waals surface area contributed by atoms with Crippen molar-refractivity contribution in [3.05, 3.63) is 23.9 Å². The molecule has 0 saturated carbocycles. The van der Waals surface area contributed by atoms with E-state index >= 15 is 0 Å². The van der Waals surface area contributed by atoms with E-state index in [1.807, 2.05) is 26.1 Å². The summed E-state index contributed by atoms with van der Waals surface area (Å²) in [6.45, 7) is 14.3. The van der Waals surface area contributed by atoms with Crippen molar-refractivity contribution in [1.82, 2.24) is 0 Å². The van der Waals surface area contributed by atoms with Gasteiger partial charge >= 0.3 is 0 Å². The lowest BCUT2D eigenvalue weighted by atomic mass is 9.88. The Morgan fingerprint density at radius 3 is 2.17 bits per heavy atom. The second kappa shape index (κ2) is 4.24. The minimum absolute atomic E-state index is 0.123. The molecule has 68 valence electrons. The van der Waals surface area contributed by atoms with Crippen LogP contribution in [0.2, 0.25) is 0 Å². The number of hydrogen-bond donors (Lipinski definition) is 0. The van der Waals surface area contributed by atoms with Gasteiger partial charge in [0.05, 0.1) is 0 Å². The summed E-state index contributed by atoms with van der Waals surface area (Å²) in [7, 11) is 0. The molecule has 1 heteroatoms. The van der Waals surface area contributed by atoms with Crippen LogP contribution in [-0.4, -0.2) is 6.21 Å². The molecule has 0 aliphatic carbocycles. The normalized spacial score (nSPS) is 13.9. The van der Waals surface area contributed by atoms with Crippen molar-refractivity contribution in [2.75, 3.05) is 0 Å². The van der Waals surface area contributed by atoms with Gasteiger partial charge in [-0.05, 0) is 24.8 Å². The van der Waals surface area contributed by atoms with E-state index in [4.69, 9.17) is 0 Å². The third kappa shape index (κ3) is 4.12. The highest BCUT2D eigenvalue weighted by atomic mass is 14.7. The Hall–Kier alpha value is -0.850. The van der Waals surface area contributed by atoms with Gasteiger partial charge in [-0.1, -0.05) is 33.4 Å². The summed E-state index contributed by atoms with van der Waals surface area (Å²) in [4.78, 5) is 4.25. The van der Waals surface area contributed by atoms with Gasteiger partial charge in [0.2, 0.25) is 0 Å². The van der Waals surface area contributed by atoms with Crippen molar-refractivity contribution in [1.29, 1.82) is 0 Å². The van der Waals surface area contributed by atoms with Crippen LogP contribution in [0.5, 0.6) is 0 Å². The fraction of sp³-hybridized carbons (Fsp3) is 0.545. The maximum atomic E-state index is 4.25. The molecule has 0 aromatic rings. The first kappa shape index (κ1) is 11.2. The van der Waals surface area contributed by atoms with E-state index < -0.39 is 0 Å². The van der Waals surface area contributed by atoms with Gasteiger partial charge in [0.15, 0.2) is 0 Å². The summed E-state index contributed by atoms with van der Waals surface area (Å²) in [5.41, 5.74) is 2.21. The summed E-state index contributed by atoms with van der Waals surface area (Å²) < 4.78 is 0. The molecule has 0 atom stereocenters. The first-order chi connectivity index (χ1) is 5.38. The topological polar surface area (TPSA) is 12.4 Å². The van der Waals surface area contributed by atoms with E-state index in [9.17, 15) is 0 Å². The first-order valence-corrected chi connectivity index (χ1v) is 4.24. The first-order valence-electron chi connectivity index (χ1n) is 4.24. The quantitative estimate of drug-likeness (QED) is 0.554. The second-order valence-corrected chi connectivity index (χ2v) is 3.96. The van der Waals surface area contributed by atoms with E-state index in [2.05, 4.69) is 32.3 Å². The van der Waals surface area contributed by atoms with Crippen LogP contribution in [0.15, 0.2) is 28.9 Å². The summed E-state index contributed by atoms with van der Waals surface area (Å²) in [6, 6.07) is 0. The Labute approximate surface area is 75.9 Å². The van der Waals surface area contributed by atoms with E-state index in [0.717, 1.165) is 11.3 Å². The monoisotopic (exact) mass is 165 g/mol. The zero-order chi connectivity index (χ0) is 9.78. The van der Waals surface area contributed by atoms with Crippen LogP contribution in [-0.2, 0) is 0 Å². The molecule has 0 aromatic heterocycles. The zero-order valence-electron chi connectivity index (χ0n) is 8.81. The van der Waals surface area contributed by atoms with E-state index in [1.54, 1.807) is 0 Å². The third-order valence-electron chi connectivity index (χ3n) is 1.81. The molecule has 0 heterocycles. The highest BCUT2D eigenvalue weighted by Crippen LogP contribution is 2.21. The lowest BCUT2D eigenvalue weighted by Gasteiger charge is -2.17. The number of nitrogens with zero attached hydrogens (tertiary/aromatic N) is 1. The van der Waals surface area contributed by atoms with Gasteiger partial charge < -0.3 is 0 Å². The van der Waals surface area contributed by atoms with Crippen molar-refractivity contribution in [2.24, 2.45) is 10.4 Å². The number of hydrogen-bond acceptors (Lipinski definition) is 1. The molecule has 0 amide bonds. The zero-order valence-corrected chi connectivity index (χ0v) is 8.81. The minimum atomic E-state index is 0.123. The van der Waals surface area contributed by atoms with Crippen molar-refractivity contribution < 1.29 is 0 Å². The molecule has 0 aromatic carbocycles. The van der Waals surface area contributed by atoms with Crippen LogP contribution in [0.1, 0.15) is 34.6 Å². The lowest BCUT2D eigenvalue weighted by Crippen LogP contribution is -2.08.